The van der Waals surface area contributed by atoms with Crippen molar-refractivity contribution in [2.75, 3.05) is 27.4 Å². The average molecular weight is 659 g/mol. The molecule has 12 heteroatoms. The second kappa shape index (κ2) is 15.4. The molecule has 5 rings (SSSR count). The van der Waals surface area contributed by atoms with E-state index in [0.717, 1.165) is 16.7 Å². The standard InChI is InChI=1S/C34H42O11S/c1-33(37-3)34(2,38-4)44-32(31-29(24-42-46(35,36)45-31)41-22-27-18-12-7-13-19-27)30(43-33)28(40-21-26-16-10-6-11-17-26)23-39-20-25-14-8-5-9-15-25/h5-19,28-32H,20-24H2,1-4H3/t28-,29-,30+,31-,32-,33?,34?/m1/s1. The lowest BCUT2D eigenvalue weighted by atomic mass is 9.94. The summed E-state index contributed by atoms with van der Waals surface area (Å²) >= 11 is 0. The van der Waals surface area contributed by atoms with Crippen molar-refractivity contribution in [1.29, 1.82) is 0 Å². The molecule has 2 aliphatic rings. The summed E-state index contributed by atoms with van der Waals surface area (Å²) in [6.45, 7) is 3.83. The van der Waals surface area contributed by atoms with Gasteiger partial charge in [0.15, 0.2) is 0 Å². The first-order valence-corrected chi connectivity index (χ1v) is 16.4. The quantitative estimate of drug-likeness (QED) is 0.243. The Labute approximate surface area is 270 Å². The van der Waals surface area contributed by atoms with Crippen LogP contribution in [0.15, 0.2) is 91.0 Å². The highest BCUT2D eigenvalue weighted by Crippen LogP contribution is 2.43. The summed E-state index contributed by atoms with van der Waals surface area (Å²) < 4.78 is 79.9. The molecule has 0 bridgehead atoms. The predicted octanol–water partition coefficient (Wildman–Crippen LogP) is 4.54. The number of hydrogen-bond donors (Lipinski definition) is 0. The van der Waals surface area contributed by atoms with Crippen LogP contribution in [0.5, 0.6) is 0 Å². The molecule has 0 amide bonds. The van der Waals surface area contributed by atoms with Crippen molar-refractivity contribution in [1.82, 2.24) is 0 Å². The van der Waals surface area contributed by atoms with Crippen molar-refractivity contribution in [2.45, 2.75) is 75.8 Å². The third kappa shape index (κ3) is 8.39. The van der Waals surface area contributed by atoms with Crippen LogP contribution >= 0.6 is 0 Å². The van der Waals surface area contributed by atoms with Crippen LogP contribution in [0.1, 0.15) is 30.5 Å². The molecule has 0 radical (unpaired) electrons. The fourth-order valence-electron chi connectivity index (χ4n) is 5.42. The third-order valence-electron chi connectivity index (χ3n) is 8.32. The zero-order valence-electron chi connectivity index (χ0n) is 26.5. The van der Waals surface area contributed by atoms with Gasteiger partial charge in [0.25, 0.3) is 0 Å². The van der Waals surface area contributed by atoms with E-state index in [0.29, 0.717) is 6.61 Å². The van der Waals surface area contributed by atoms with Crippen LogP contribution in [-0.2, 0) is 71.7 Å². The maximum atomic E-state index is 12.7. The Morgan fingerprint density at radius 2 is 1.26 bits per heavy atom. The van der Waals surface area contributed by atoms with Gasteiger partial charge in [0, 0.05) is 14.2 Å². The van der Waals surface area contributed by atoms with Gasteiger partial charge in [-0.3, -0.25) is 0 Å². The Kier molecular flexibility index (Phi) is 11.6. The molecule has 2 unspecified atom stereocenters. The summed E-state index contributed by atoms with van der Waals surface area (Å²) in [5, 5.41) is 0. The SMILES string of the molecule is COC1(C)O[C@@H]([C@@H]2OS(=O)(=O)OC[C@H]2OCc2ccccc2)[C@H]([C@@H](COCc2ccccc2)OCc2ccccc2)OC1(C)OC. The van der Waals surface area contributed by atoms with Gasteiger partial charge in [0.1, 0.15) is 30.5 Å². The highest BCUT2D eigenvalue weighted by atomic mass is 32.3. The van der Waals surface area contributed by atoms with Gasteiger partial charge in [-0.05, 0) is 30.5 Å². The molecule has 2 fully saturated rings. The molecule has 0 spiro atoms. The summed E-state index contributed by atoms with van der Waals surface area (Å²) in [6.07, 6.45) is -4.94. The van der Waals surface area contributed by atoms with E-state index in [2.05, 4.69) is 0 Å². The monoisotopic (exact) mass is 658 g/mol. The Balaban J connectivity index is 1.48. The minimum absolute atomic E-state index is 0.0707. The van der Waals surface area contributed by atoms with Crippen LogP contribution in [0, 0.1) is 0 Å². The zero-order valence-corrected chi connectivity index (χ0v) is 27.3. The lowest BCUT2D eigenvalue weighted by molar-refractivity contribution is -0.463. The van der Waals surface area contributed by atoms with Crippen molar-refractivity contribution in [2.24, 2.45) is 0 Å². The molecule has 3 aromatic rings. The highest BCUT2D eigenvalue weighted by Gasteiger charge is 2.61. The minimum atomic E-state index is -4.39. The summed E-state index contributed by atoms with van der Waals surface area (Å²) in [7, 11) is -1.46. The van der Waals surface area contributed by atoms with E-state index in [1.165, 1.54) is 14.2 Å². The van der Waals surface area contributed by atoms with Gasteiger partial charge in [-0.15, -0.1) is 0 Å². The lowest BCUT2D eigenvalue weighted by Gasteiger charge is -2.55. The molecule has 0 N–H and O–H groups in total. The Bertz CT molecular complexity index is 1460. The molecular formula is C34H42O11S. The van der Waals surface area contributed by atoms with Gasteiger partial charge in [-0.2, -0.15) is 8.42 Å². The lowest BCUT2D eigenvalue weighted by Crippen LogP contribution is -2.71. The number of benzene rings is 3. The van der Waals surface area contributed by atoms with Gasteiger partial charge in [0.05, 0.1) is 33.0 Å². The van der Waals surface area contributed by atoms with Crippen molar-refractivity contribution >= 4 is 10.4 Å². The number of ether oxygens (including phenoxy) is 7. The molecule has 0 aliphatic carbocycles. The molecule has 2 aliphatic heterocycles. The maximum Gasteiger partial charge on any atom is 0.400 e. The van der Waals surface area contributed by atoms with Crippen molar-refractivity contribution < 1.29 is 49.9 Å². The topological polar surface area (TPSA) is 117 Å². The van der Waals surface area contributed by atoms with Crippen LogP contribution in [0.3, 0.4) is 0 Å². The maximum absolute atomic E-state index is 12.7. The fourth-order valence-corrected chi connectivity index (χ4v) is 6.28. The first-order valence-electron chi connectivity index (χ1n) is 15.1. The predicted molar refractivity (Wildman–Crippen MR) is 166 cm³/mol. The molecule has 2 heterocycles. The van der Waals surface area contributed by atoms with E-state index in [1.807, 2.05) is 91.0 Å². The second-order valence-corrected chi connectivity index (χ2v) is 12.6. The summed E-state index contributed by atoms with van der Waals surface area (Å²) in [5.74, 6) is -2.94. The summed E-state index contributed by atoms with van der Waals surface area (Å²) in [6, 6.07) is 28.9. The van der Waals surface area contributed by atoms with Crippen molar-refractivity contribution in [3.05, 3.63) is 108 Å². The van der Waals surface area contributed by atoms with Gasteiger partial charge in [0.2, 0.25) is 11.6 Å². The van der Waals surface area contributed by atoms with Crippen LogP contribution in [0.4, 0.5) is 0 Å². The Morgan fingerprint density at radius 1 is 0.739 bits per heavy atom. The van der Waals surface area contributed by atoms with E-state index in [4.69, 9.17) is 41.5 Å². The molecule has 11 nitrogen and oxygen atoms in total. The number of methoxy groups -OCH3 is 2. The minimum Gasteiger partial charge on any atom is -0.374 e. The molecule has 0 aromatic heterocycles. The summed E-state index contributed by atoms with van der Waals surface area (Å²) in [4.78, 5) is 0. The smallest absolute Gasteiger partial charge is 0.374 e. The average Bonchev–Trinajstić information content (AvgIpc) is 3.08. The largest absolute Gasteiger partial charge is 0.400 e. The van der Waals surface area contributed by atoms with Crippen LogP contribution in [0.2, 0.25) is 0 Å². The van der Waals surface area contributed by atoms with E-state index in [1.54, 1.807) is 13.8 Å². The van der Waals surface area contributed by atoms with Gasteiger partial charge >= 0.3 is 10.4 Å². The Hall–Kier alpha value is -2.75. The van der Waals surface area contributed by atoms with Crippen LogP contribution in [0.25, 0.3) is 0 Å². The van der Waals surface area contributed by atoms with Crippen LogP contribution < -0.4 is 0 Å². The number of rotatable bonds is 14. The van der Waals surface area contributed by atoms with E-state index in [-0.39, 0.29) is 26.4 Å². The molecular weight excluding hydrogens is 616 g/mol. The van der Waals surface area contributed by atoms with E-state index >= 15 is 0 Å². The normalized spacial score (nSPS) is 30.1. The van der Waals surface area contributed by atoms with Crippen molar-refractivity contribution in [3.8, 4) is 0 Å². The molecule has 250 valence electrons. The molecule has 46 heavy (non-hydrogen) atoms. The summed E-state index contributed by atoms with van der Waals surface area (Å²) in [5.41, 5.74) is 2.79. The zero-order chi connectivity index (χ0) is 32.6. The van der Waals surface area contributed by atoms with Gasteiger partial charge in [-0.1, -0.05) is 91.0 Å². The van der Waals surface area contributed by atoms with Crippen LogP contribution in [-0.4, -0.2) is 77.9 Å². The fraction of sp³-hybridized carbons (Fsp3) is 0.471. The molecule has 3 aromatic carbocycles. The van der Waals surface area contributed by atoms with E-state index in [9.17, 15) is 8.42 Å². The molecule has 2 saturated heterocycles. The molecule has 7 atom stereocenters. The molecule has 0 saturated carbocycles. The Morgan fingerprint density at radius 3 is 1.83 bits per heavy atom. The first-order chi connectivity index (χ1) is 22.2. The number of hydrogen-bond acceptors (Lipinski definition) is 11. The first kappa shape index (κ1) is 34.6. The highest BCUT2D eigenvalue weighted by molar-refractivity contribution is 7.81. The second-order valence-electron chi connectivity index (χ2n) is 11.4. The van der Waals surface area contributed by atoms with Gasteiger partial charge in [-0.25, -0.2) is 8.37 Å². The van der Waals surface area contributed by atoms with Gasteiger partial charge < -0.3 is 33.2 Å². The van der Waals surface area contributed by atoms with Crippen molar-refractivity contribution in [3.63, 3.8) is 0 Å². The van der Waals surface area contributed by atoms with E-state index < -0.39 is 52.5 Å². The third-order valence-corrected chi connectivity index (χ3v) is 9.20.